The molecule has 144 valence electrons. The van der Waals surface area contributed by atoms with Gasteiger partial charge in [-0.25, -0.2) is 0 Å². The molecular formula is C21H38O3Si. The van der Waals surface area contributed by atoms with Crippen molar-refractivity contribution in [2.75, 3.05) is 20.0 Å². The first-order chi connectivity index (χ1) is 11.6. The van der Waals surface area contributed by atoms with Crippen molar-refractivity contribution in [3.8, 4) is 0 Å². The van der Waals surface area contributed by atoms with E-state index in [1.165, 1.54) is 11.1 Å². The Labute approximate surface area is 155 Å². The van der Waals surface area contributed by atoms with Gasteiger partial charge in [-0.05, 0) is 57.1 Å². The predicted octanol–water partition coefficient (Wildman–Crippen LogP) is 5.15. The Hall–Kier alpha value is -0.423. The summed E-state index contributed by atoms with van der Waals surface area (Å²) in [6.07, 6.45) is 9.19. The minimum atomic E-state index is -1.08. The molecule has 0 saturated heterocycles. The fourth-order valence-electron chi connectivity index (χ4n) is 4.22. The van der Waals surface area contributed by atoms with Gasteiger partial charge in [-0.2, -0.15) is 0 Å². The second-order valence-electron chi connectivity index (χ2n) is 9.54. The molecule has 0 aromatic heterocycles. The molecule has 0 heterocycles. The second-order valence-corrected chi connectivity index (χ2v) is 15.2. The molecule has 25 heavy (non-hydrogen) atoms. The van der Waals surface area contributed by atoms with Gasteiger partial charge in [-0.15, -0.1) is 0 Å². The van der Waals surface area contributed by atoms with E-state index in [4.69, 9.17) is 9.47 Å². The molecular weight excluding hydrogens is 328 g/mol. The molecule has 0 aromatic rings. The third-order valence-electron chi connectivity index (χ3n) is 6.26. The monoisotopic (exact) mass is 366 g/mol. The molecule has 3 nitrogen and oxygen atoms in total. The number of ether oxygens (including phenoxy) is 2. The van der Waals surface area contributed by atoms with Gasteiger partial charge >= 0.3 is 0 Å². The summed E-state index contributed by atoms with van der Waals surface area (Å²) in [4.78, 5) is 0. The first-order valence-electron chi connectivity index (χ1n) is 9.82. The lowest BCUT2D eigenvalue weighted by Gasteiger charge is -2.45. The summed E-state index contributed by atoms with van der Waals surface area (Å²) >= 11 is 0. The smallest absolute Gasteiger partial charge is 0.147 e. The Morgan fingerprint density at radius 3 is 2.60 bits per heavy atom. The van der Waals surface area contributed by atoms with E-state index in [9.17, 15) is 5.11 Å². The average Bonchev–Trinajstić information content (AvgIpc) is 2.86. The summed E-state index contributed by atoms with van der Waals surface area (Å²) in [7, 11) is -1.08. The minimum Gasteiger partial charge on any atom is -0.393 e. The predicted molar refractivity (Wildman–Crippen MR) is 107 cm³/mol. The Morgan fingerprint density at radius 1 is 1.32 bits per heavy atom. The molecule has 2 rings (SSSR count). The van der Waals surface area contributed by atoms with Gasteiger partial charge in [0.05, 0.1) is 6.61 Å². The molecule has 0 aliphatic heterocycles. The van der Waals surface area contributed by atoms with Gasteiger partial charge in [0.2, 0.25) is 0 Å². The van der Waals surface area contributed by atoms with Crippen LogP contribution in [-0.4, -0.2) is 38.8 Å². The molecule has 0 saturated carbocycles. The zero-order valence-electron chi connectivity index (χ0n) is 17.2. The van der Waals surface area contributed by atoms with E-state index in [-0.39, 0.29) is 18.8 Å². The lowest BCUT2D eigenvalue weighted by atomic mass is 9.62. The highest BCUT2D eigenvalue weighted by molar-refractivity contribution is 6.76. The van der Waals surface area contributed by atoms with E-state index in [0.717, 1.165) is 38.3 Å². The molecule has 3 atom stereocenters. The third kappa shape index (κ3) is 4.85. The SMILES string of the molecule is CC1=CC[C@]2(CC1)C([C@@](C)(CO)OCOCC[Si](C)(C)C)=CC[C@H]2C. The van der Waals surface area contributed by atoms with Gasteiger partial charge < -0.3 is 14.6 Å². The largest absolute Gasteiger partial charge is 0.393 e. The van der Waals surface area contributed by atoms with Crippen LogP contribution in [0.2, 0.25) is 25.7 Å². The third-order valence-corrected chi connectivity index (χ3v) is 7.97. The Balaban J connectivity index is 2.02. The van der Waals surface area contributed by atoms with Crippen molar-refractivity contribution in [3.05, 3.63) is 23.3 Å². The van der Waals surface area contributed by atoms with Crippen LogP contribution in [0.25, 0.3) is 0 Å². The fourth-order valence-corrected chi connectivity index (χ4v) is 4.98. The molecule has 1 N–H and O–H groups in total. The van der Waals surface area contributed by atoms with Gasteiger partial charge in [0, 0.05) is 20.1 Å². The molecule has 0 bridgehead atoms. The Kier molecular flexibility index (Phi) is 6.75. The first kappa shape index (κ1) is 20.9. The summed E-state index contributed by atoms with van der Waals surface area (Å²) < 4.78 is 11.9. The molecule has 2 aliphatic rings. The number of allylic oxidation sites excluding steroid dienone is 3. The van der Waals surface area contributed by atoms with Crippen LogP contribution in [0.15, 0.2) is 23.3 Å². The van der Waals surface area contributed by atoms with E-state index in [0.29, 0.717) is 5.92 Å². The molecule has 0 amide bonds. The maximum atomic E-state index is 10.2. The second kappa shape index (κ2) is 8.08. The number of aliphatic hydroxyl groups excluding tert-OH is 1. The molecule has 1 spiro atoms. The van der Waals surface area contributed by atoms with E-state index in [1.807, 2.05) is 6.92 Å². The van der Waals surface area contributed by atoms with Gasteiger partial charge in [0.15, 0.2) is 0 Å². The van der Waals surface area contributed by atoms with Crippen LogP contribution < -0.4 is 0 Å². The molecule has 2 aliphatic carbocycles. The van der Waals surface area contributed by atoms with Crippen molar-refractivity contribution in [1.82, 2.24) is 0 Å². The molecule has 4 heteroatoms. The average molecular weight is 367 g/mol. The molecule has 0 radical (unpaired) electrons. The summed E-state index contributed by atoms with van der Waals surface area (Å²) in [5, 5.41) is 10.2. The van der Waals surface area contributed by atoms with Crippen molar-refractivity contribution < 1.29 is 14.6 Å². The van der Waals surface area contributed by atoms with E-state index in [2.05, 4.69) is 45.6 Å². The van der Waals surface area contributed by atoms with Crippen LogP contribution in [0.5, 0.6) is 0 Å². The van der Waals surface area contributed by atoms with E-state index in [1.54, 1.807) is 0 Å². The number of rotatable bonds is 8. The first-order valence-corrected chi connectivity index (χ1v) is 13.5. The zero-order chi connectivity index (χ0) is 18.7. The minimum absolute atomic E-state index is 0.00732. The van der Waals surface area contributed by atoms with Crippen molar-refractivity contribution in [2.24, 2.45) is 11.3 Å². The lowest BCUT2D eigenvalue weighted by molar-refractivity contribution is -0.139. The standard InChI is InChI=1S/C21H38O3Si/c1-17-9-11-21(12-10-17)18(2)7-8-19(21)20(3,15-22)24-16-23-13-14-25(4,5)6/h8-9,18,22H,7,10-16H2,1-6H3/t18-,20-,21-/m1/s1. The topological polar surface area (TPSA) is 38.7 Å². The quantitative estimate of drug-likeness (QED) is 0.279. The van der Waals surface area contributed by atoms with Crippen LogP contribution in [-0.2, 0) is 9.47 Å². The van der Waals surface area contributed by atoms with Gasteiger partial charge in [-0.1, -0.05) is 44.3 Å². The molecule has 0 fully saturated rings. The van der Waals surface area contributed by atoms with Crippen LogP contribution in [0.1, 0.15) is 46.5 Å². The van der Waals surface area contributed by atoms with Crippen molar-refractivity contribution >= 4 is 8.07 Å². The van der Waals surface area contributed by atoms with E-state index < -0.39 is 13.7 Å². The summed E-state index contributed by atoms with van der Waals surface area (Å²) in [5.74, 6) is 0.606. The van der Waals surface area contributed by atoms with Gasteiger partial charge in [0.1, 0.15) is 12.4 Å². The normalized spacial score (nSPS) is 29.5. The van der Waals surface area contributed by atoms with Crippen LogP contribution in [0.4, 0.5) is 0 Å². The van der Waals surface area contributed by atoms with Gasteiger partial charge in [-0.3, -0.25) is 0 Å². The summed E-state index contributed by atoms with van der Waals surface area (Å²) in [5.41, 5.74) is 2.30. The Morgan fingerprint density at radius 2 is 2.04 bits per heavy atom. The molecule has 0 aromatic carbocycles. The number of aliphatic hydroxyl groups is 1. The maximum absolute atomic E-state index is 10.2. The highest BCUT2D eigenvalue weighted by atomic mass is 28.3. The summed E-state index contributed by atoms with van der Waals surface area (Å²) in [6.45, 7) is 14.7. The van der Waals surface area contributed by atoms with Gasteiger partial charge in [0.25, 0.3) is 0 Å². The van der Waals surface area contributed by atoms with E-state index >= 15 is 0 Å². The van der Waals surface area contributed by atoms with Crippen LogP contribution in [0.3, 0.4) is 0 Å². The summed E-state index contributed by atoms with van der Waals surface area (Å²) in [6, 6.07) is 1.14. The maximum Gasteiger partial charge on any atom is 0.147 e. The van der Waals surface area contributed by atoms with Crippen LogP contribution >= 0.6 is 0 Å². The van der Waals surface area contributed by atoms with Crippen molar-refractivity contribution in [3.63, 3.8) is 0 Å². The van der Waals surface area contributed by atoms with Crippen molar-refractivity contribution in [2.45, 2.75) is 77.7 Å². The molecule has 0 unspecified atom stereocenters. The number of hydrogen-bond donors (Lipinski definition) is 1. The lowest BCUT2D eigenvalue weighted by Crippen LogP contribution is -2.44. The highest BCUT2D eigenvalue weighted by Crippen LogP contribution is 2.56. The highest BCUT2D eigenvalue weighted by Gasteiger charge is 2.50. The fraction of sp³-hybridized carbons (Fsp3) is 0.810. The Bertz CT molecular complexity index is 520. The van der Waals surface area contributed by atoms with Crippen LogP contribution in [0, 0.1) is 11.3 Å². The van der Waals surface area contributed by atoms with Crippen molar-refractivity contribution in [1.29, 1.82) is 0 Å². The number of hydrogen-bond acceptors (Lipinski definition) is 3. The zero-order valence-corrected chi connectivity index (χ0v) is 18.2.